The first-order valence-electron chi connectivity index (χ1n) is 17.8. The molecule has 52 heavy (non-hydrogen) atoms. The molecular weight excluding hydrogens is 1180 g/mol. The molecule has 0 aliphatic carbocycles. The minimum absolute atomic E-state index is 0.660. The topological polar surface area (TPSA) is 36.9 Å². The number of fused-ring (bicyclic) bond motifs is 8. The van der Waals surface area contributed by atoms with Crippen molar-refractivity contribution in [3.63, 3.8) is 0 Å². The molecule has 1 aliphatic heterocycles. The summed E-state index contributed by atoms with van der Waals surface area (Å²) in [5, 5.41) is 0. The van der Waals surface area contributed by atoms with Crippen LogP contribution in [0.3, 0.4) is 0 Å². The van der Waals surface area contributed by atoms with Crippen LogP contribution in [0.2, 0.25) is 0 Å². The number of hydrogen-bond donors (Lipinski definition) is 0. The number of benzene rings is 4. The quantitative estimate of drug-likeness (QED) is 0.0715. The van der Waals surface area contributed by atoms with Crippen molar-refractivity contribution in [1.82, 2.24) is 0 Å². The third-order valence-electron chi connectivity index (χ3n) is 7.80. The van der Waals surface area contributed by atoms with Crippen LogP contribution < -0.4 is 18.9 Å². The summed E-state index contributed by atoms with van der Waals surface area (Å²) >= 11 is 16.8. The molecule has 0 spiro atoms. The van der Waals surface area contributed by atoms with Gasteiger partial charge >= 0.3 is 0 Å². The second-order valence-corrected chi connectivity index (χ2v) is 21.5. The largest absolute Gasteiger partial charge is 0.491 e. The molecular formula is C40H44I4O4S4. The summed E-state index contributed by atoms with van der Waals surface area (Å²) in [6.45, 7) is 11.5. The van der Waals surface area contributed by atoms with Crippen LogP contribution in [0.1, 0.15) is 79.1 Å². The van der Waals surface area contributed by atoms with Crippen molar-refractivity contribution in [3.05, 3.63) is 62.8 Å². The van der Waals surface area contributed by atoms with Gasteiger partial charge in [0.15, 0.2) is 0 Å². The van der Waals surface area contributed by atoms with Crippen molar-refractivity contribution in [2.24, 2.45) is 0 Å². The molecule has 280 valence electrons. The van der Waals surface area contributed by atoms with Crippen molar-refractivity contribution in [3.8, 4) is 23.0 Å². The molecule has 4 aromatic carbocycles. The molecule has 0 amide bonds. The second-order valence-electron chi connectivity index (χ2n) is 12.1. The summed E-state index contributed by atoms with van der Waals surface area (Å²) in [5.74, 6) is 3.68. The minimum Gasteiger partial charge on any atom is -0.491 e. The predicted octanol–water partition coefficient (Wildman–Crippen LogP) is 15.7. The Kier molecular flexibility index (Phi) is 18.7. The summed E-state index contributed by atoms with van der Waals surface area (Å²) in [6.07, 6.45) is 8.23. The molecule has 1 aliphatic rings. The van der Waals surface area contributed by atoms with Crippen LogP contribution in [0.5, 0.6) is 23.0 Å². The highest BCUT2D eigenvalue weighted by Gasteiger charge is 2.25. The standard InChI is InChI=1S/C40H44I4O4S4/c1-5-9-13-45-37-29-17-25(41)18-30(37)50-32-20-27(43)22-34(39(32)47-15-11-7-3)52-36-24-28(44)23-35(40(36)48-16-12-8-4)51-33-21-26(42)19-31(49-29)38(33)46-14-10-6-2/h17-24H,5-16H2,1-4H3. The molecule has 8 bridgehead atoms. The van der Waals surface area contributed by atoms with Crippen LogP contribution in [0, 0.1) is 14.3 Å². The van der Waals surface area contributed by atoms with Gasteiger partial charge in [-0.25, -0.2) is 0 Å². The summed E-state index contributed by atoms with van der Waals surface area (Å²) in [5.41, 5.74) is 0. The first kappa shape index (κ1) is 43.5. The minimum atomic E-state index is 0.660. The zero-order valence-corrected chi connectivity index (χ0v) is 41.8. The van der Waals surface area contributed by atoms with Gasteiger partial charge in [0.05, 0.1) is 65.6 Å². The Morgan fingerprint density at radius 2 is 0.519 bits per heavy atom. The van der Waals surface area contributed by atoms with Crippen LogP contribution in [0.15, 0.2) is 87.7 Å². The number of halogens is 4. The fourth-order valence-electron chi connectivity index (χ4n) is 5.10. The van der Waals surface area contributed by atoms with Crippen LogP contribution in [-0.4, -0.2) is 26.4 Å². The van der Waals surface area contributed by atoms with E-state index in [1.165, 1.54) is 0 Å². The van der Waals surface area contributed by atoms with Crippen molar-refractivity contribution in [2.45, 2.75) is 118 Å². The smallest absolute Gasteiger partial charge is 0.147 e. The lowest BCUT2D eigenvalue weighted by atomic mass is 10.3. The Balaban J connectivity index is 1.81. The van der Waals surface area contributed by atoms with Gasteiger partial charge in [0.2, 0.25) is 0 Å². The van der Waals surface area contributed by atoms with Gasteiger partial charge in [-0.1, -0.05) is 100 Å². The van der Waals surface area contributed by atoms with Crippen LogP contribution in [-0.2, 0) is 0 Å². The molecule has 0 radical (unpaired) electrons. The lowest BCUT2D eigenvalue weighted by Crippen LogP contribution is -2.04. The van der Waals surface area contributed by atoms with Crippen LogP contribution in [0.4, 0.5) is 0 Å². The van der Waals surface area contributed by atoms with Gasteiger partial charge in [-0.3, -0.25) is 0 Å². The highest BCUT2D eigenvalue weighted by atomic mass is 127. The Labute approximate surface area is 381 Å². The van der Waals surface area contributed by atoms with E-state index in [0.29, 0.717) is 26.4 Å². The first-order chi connectivity index (χ1) is 25.2. The van der Waals surface area contributed by atoms with Gasteiger partial charge in [0.25, 0.3) is 0 Å². The molecule has 0 saturated heterocycles. The van der Waals surface area contributed by atoms with Crippen molar-refractivity contribution in [1.29, 1.82) is 0 Å². The third kappa shape index (κ3) is 12.2. The van der Waals surface area contributed by atoms with Gasteiger partial charge in [-0.15, -0.1) is 0 Å². The molecule has 4 aromatic rings. The molecule has 0 atom stereocenters. The molecule has 0 saturated carbocycles. The molecule has 12 heteroatoms. The summed E-state index contributed by atoms with van der Waals surface area (Å²) < 4.78 is 31.6. The number of rotatable bonds is 16. The normalized spacial score (nSPS) is 12.5. The molecule has 4 nitrogen and oxygen atoms in total. The first-order valence-corrected chi connectivity index (χ1v) is 25.4. The van der Waals surface area contributed by atoms with E-state index in [-0.39, 0.29) is 0 Å². The van der Waals surface area contributed by atoms with E-state index >= 15 is 0 Å². The van der Waals surface area contributed by atoms with E-state index in [1.807, 2.05) is 0 Å². The number of unbranched alkanes of at least 4 members (excludes halogenated alkanes) is 4. The lowest BCUT2D eigenvalue weighted by Gasteiger charge is -2.22. The fourth-order valence-corrected chi connectivity index (χ4v) is 14.1. The van der Waals surface area contributed by atoms with Crippen LogP contribution >= 0.6 is 137 Å². The average Bonchev–Trinajstić information content (AvgIpc) is 3.09. The van der Waals surface area contributed by atoms with Crippen molar-refractivity contribution in [2.75, 3.05) is 26.4 Å². The molecule has 1 heterocycles. The van der Waals surface area contributed by atoms with E-state index in [0.717, 1.165) is 128 Å². The monoisotopic (exact) mass is 1220 g/mol. The molecule has 0 fully saturated rings. The Morgan fingerprint density at radius 1 is 0.346 bits per heavy atom. The van der Waals surface area contributed by atoms with E-state index in [2.05, 4.69) is 167 Å². The van der Waals surface area contributed by atoms with Gasteiger partial charge in [-0.2, -0.15) is 0 Å². The SMILES string of the molecule is CCCCOc1c2cc(I)cc1Sc1cc(I)cc(c1OCCCC)Sc1cc(I)cc(c1OCCCC)Sc1cc(I)cc(c1OCCCC)S2. The fraction of sp³-hybridized carbons (Fsp3) is 0.400. The Bertz CT molecular complexity index is 1470. The maximum atomic E-state index is 6.74. The van der Waals surface area contributed by atoms with Crippen LogP contribution in [0.25, 0.3) is 0 Å². The van der Waals surface area contributed by atoms with Gasteiger partial charge in [0, 0.05) is 14.3 Å². The third-order valence-corrected chi connectivity index (χ3v) is 14.5. The van der Waals surface area contributed by atoms with E-state index in [9.17, 15) is 0 Å². The second kappa shape index (κ2) is 22.4. The summed E-state index contributed by atoms with van der Waals surface area (Å²) in [6, 6.07) is 18.0. The average molecular weight is 1220 g/mol. The molecule has 0 N–H and O–H groups in total. The van der Waals surface area contributed by atoms with Crippen molar-refractivity contribution >= 4 is 137 Å². The van der Waals surface area contributed by atoms with E-state index < -0.39 is 0 Å². The summed E-state index contributed by atoms with van der Waals surface area (Å²) in [4.78, 5) is 8.70. The zero-order chi connectivity index (χ0) is 37.0. The van der Waals surface area contributed by atoms with E-state index in [1.54, 1.807) is 47.0 Å². The predicted molar refractivity (Wildman–Crippen MR) is 255 cm³/mol. The van der Waals surface area contributed by atoms with Gasteiger partial charge < -0.3 is 18.9 Å². The highest BCUT2D eigenvalue weighted by Crippen LogP contribution is 2.55. The number of ether oxygens (including phenoxy) is 4. The lowest BCUT2D eigenvalue weighted by molar-refractivity contribution is 0.292. The molecule has 5 rings (SSSR count). The van der Waals surface area contributed by atoms with Crippen molar-refractivity contribution < 1.29 is 18.9 Å². The molecule has 0 aromatic heterocycles. The zero-order valence-electron chi connectivity index (χ0n) is 29.9. The Morgan fingerprint density at radius 3 is 0.673 bits per heavy atom. The highest BCUT2D eigenvalue weighted by molar-refractivity contribution is 14.1. The summed E-state index contributed by atoms with van der Waals surface area (Å²) in [7, 11) is 0. The maximum Gasteiger partial charge on any atom is 0.147 e. The van der Waals surface area contributed by atoms with Gasteiger partial charge in [-0.05, 0) is 165 Å². The maximum absolute atomic E-state index is 6.74. The van der Waals surface area contributed by atoms with E-state index in [4.69, 9.17) is 18.9 Å². The Hall–Kier alpha value is 0.400. The number of hydrogen-bond acceptors (Lipinski definition) is 8. The molecule has 0 unspecified atom stereocenters. The van der Waals surface area contributed by atoms with Gasteiger partial charge in [0.1, 0.15) is 23.0 Å².